The van der Waals surface area contributed by atoms with Gasteiger partial charge in [-0.15, -0.1) is 5.10 Å². The van der Waals surface area contributed by atoms with E-state index in [-0.39, 0.29) is 5.75 Å². The highest BCUT2D eigenvalue weighted by Gasteiger charge is 2.10. The molecule has 2 rings (SSSR count). The van der Waals surface area contributed by atoms with Crippen LogP contribution in [0.3, 0.4) is 0 Å². The number of hydrogen-bond acceptors (Lipinski definition) is 5. The van der Waals surface area contributed by atoms with E-state index < -0.39 is 0 Å². The van der Waals surface area contributed by atoms with E-state index >= 15 is 0 Å². The van der Waals surface area contributed by atoms with Crippen molar-refractivity contribution in [3.05, 3.63) is 24.3 Å². The second-order valence-corrected chi connectivity index (χ2v) is 5.58. The molecule has 0 saturated carbocycles. The summed E-state index contributed by atoms with van der Waals surface area (Å²) in [5, 5.41) is 21.8. The highest BCUT2D eigenvalue weighted by Crippen LogP contribution is 2.23. The van der Waals surface area contributed by atoms with Crippen molar-refractivity contribution in [2.45, 2.75) is 31.8 Å². The number of thioether (sulfide) groups is 1. The second kappa shape index (κ2) is 6.56. The summed E-state index contributed by atoms with van der Waals surface area (Å²) >= 11 is 1.67. The van der Waals surface area contributed by atoms with Crippen molar-refractivity contribution in [3.63, 3.8) is 0 Å². The molecule has 1 aromatic heterocycles. The van der Waals surface area contributed by atoms with Gasteiger partial charge in [-0.3, -0.25) is 0 Å². The van der Waals surface area contributed by atoms with E-state index in [0.29, 0.717) is 5.92 Å². The summed E-state index contributed by atoms with van der Waals surface area (Å²) in [4.78, 5) is 0. The summed E-state index contributed by atoms with van der Waals surface area (Å²) in [6.45, 7) is 4.44. The Morgan fingerprint density at radius 3 is 2.74 bits per heavy atom. The monoisotopic (exact) mass is 278 g/mol. The summed E-state index contributed by atoms with van der Waals surface area (Å²) in [5.74, 6) is 1.90. The molecule has 0 aliphatic rings. The molecule has 1 atom stereocenters. The van der Waals surface area contributed by atoms with E-state index in [1.54, 1.807) is 40.7 Å². The Morgan fingerprint density at radius 1 is 1.32 bits per heavy atom. The summed E-state index contributed by atoms with van der Waals surface area (Å²) in [5.41, 5.74) is 0.855. The minimum Gasteiger partial charge on any atom is -0.508 e. The minimum absolute atomic E-state index is 0.239. The van der Waals surface area contributed by atoms with Gasteiger partial charge in [0.25, 0.3) is 0 Å². The van der Waals surface area contributed by atoms with Crippen LogP contribution in [0.1, 0.15) is 26.7 Å². The van der Waals surface area contributed by atoms with Crippen molar-refractivity contribution >= 4 is 11.8 Å². The van der Waals surface area contributed by atoms with Gasteiger partial charge in [0.15, 0.2) is 0 Å². The third-order valence-corrected chi connectivity index (χ3v) is 4.06. The summed E-state index contributed by atoms with van der Waals surface area (Å²) in [7, 11) is 0. The first-order valence-corrected chi connectivity index (χ1v) is 7.40. The molecule has 0 bridgehead atoms. The van der Waals surface area contributed by atoms with E-state index in [1.807, 2.05) is 0 Å². The Labute approximate surface area is 117 Å². The van der Waals surface area contributed by atoms with Crippen LogP contribution < -0.4 is 0 Å². The van der Waals surface area contributed by atoms with Crippen molar-refractivity contribution in [1.82, 2.24) is 20.2 Å². The number of tetrazole rings is 1. The van der Waals surface area contributed by atoms with Crippen LogP contribution in [0.15, 0.2) is 29.4 Å². The van der Waals surface area contributed by atoms with Gasteiger partial charge in [0.05, 0.1) is 5.69 Å². The molecule has 1 unspecified atom stereocenters. The van der Waals surface area contributed by atoms with Crippen molar-refractivity contribution in [2.75, 3.05) is 5.75 Å². The standard InChI is InChI=1S/C13H18N4OS/c1-3-4-10(2)9-19-13-14-15-16-17(13)11-5-7-12(18)8-6-11/h5-8,10,18H,3-4,9H2,1-2H3. The topological polar surface area (TPSA) is 63.8 Å². The highest BCUT2D eigenvalue weighted by atomic mass is 32.2. The Balaban J connectivity index is 2.07. The molecule has 19 heavy (non-hydrogen) atoms. The highest BCUT2D eigenvalue weighted by molar-refractivity contribution is 7.99. The lowest BCUT2D eigenvalue weighted by molar-refractivity contribution is 0.475. The average molecular weight is 278 g/mol. The fourth-order valence-corrected chi connectivity index (χ4v) is 2.78. The van der Waals surface area contributed by atoms with Crippen molar-refractivity contribution in [3.8, 4) is 11.4 Å². The van der Waals surface area contributed by atoms with Gasteiger partial charge in [-0.05, 0) is 40.6 Å². The lowest BCUT2D eigenvalue weighted by Crippen LogP contribution is -2.02. The van der Waals surface area contributed by atoms with Crippen molar-refractivity contribution in [2.24, 2.45) is 5.92 Å². The molecule has 5 nitrogen and oxygen atoms in total. The van der Waals surface area contributed by atoms with Crippen LogP contribution in [0.2, 0.25) is 0 Å². The van der Waals surface area contributed by atoms with Crippen LogP contribution in [0.4, 0.5) is 0 Å². The van der Waals surface area contributed by atoms with Gasteiger partial charge in [0, 0.05) is 5.75 Å². The lowest BCUT2D eigenvalue weighted by atomic mass is 10.1. The van der Waals surface area contributed by atoms with Gasteiger partial charge in [-0.2, -0.15) is 4.68 Å². The van der Waals surface area contributed by atoms with Gasteiger partial charge < -0.3 is 5.11 Å². The van der Waals surface area contributed by atoms with Gasteiger partial charge in [0.1, 0.15) is 5.75 Å². The fraction of sp³-hybridized carbons (Fsp3) is 0.462. The maximum absolute atomic E-state index is 9.29. The molecule has 0 aliphatic heterocycles. The van der Waals surface area contributed by atoms with Gasteiger partial charge in [0.2, 0.25) is 5.16 Å². The van der Waals surface area contributed by atoms with E-state index in [1.165, 1.54) is 12.8 Å². The van der Waals surface area contributed by atoms with Crippen LogP contribution in [0.5, 0.6) is 5.75 Å². The van der Waals surface area contributed by atoms with E-state index in [9.17, 15) is 5.11 Å². The Kier molecular flexibility index (Phi) is 4.79. The number of benzene rings is 1. The molecule has 102 valence electrons. The van der Waals surface area contributed by atoms with Gasteiger partial charge in [-0.25, -0.2) is 0 Å². The number of aromatic hydroxyl groups is 1. The largest absolute Gasteiger partial charge is 0.508 e. The first kappa shape index (κ1) is 13.9. The summed E-state index contributed by atoms with van der Waals surface area (Å²) < 4.78 is 1.70. The smallest absolute Gasteiger partial charge is 0.214 e. The number of nitrogens with zero attached hydrogens (tertiary/aromatic N) is 4. The first-order chi connectivity index (χ1) is 9.20. The van der Waals surface area contributed by atoms with E-state index in [2.05, 4.69) is 29.4 Å². The first-order valence-electron chi connectivity index (χ1n) is 6.41. The van der Waals surface area contributed by atoms with E-state index in [0.717, 1.165) is 16.6 Å². The quantitative estimate of drug-likeness (QED) is 0.823. The van der Waals surface area contributed by atoms with E-state index in [4.69, 9.17) is 0 Å². The Hall–Kier alpha value is -1.56. The van der Waals surface area contributed by atoms with Gasteiger partial charge >= 0.3 is 0 Å². The summed E-state index contributed by atoms with van der Waals surface area (Å²) in [6, 6.07) is 6.85. The van der Waals surface area contributed by atoms with Gasteiger partial charge in [-0.1, -0.05) is 38.5 Å². The van der Waals surface area contributed by atoms with Crippen LogP contribution in [-0.2, 0) is 0 Å². The molecule has 0 spiro atoms. The molecule has 1 aromatic carbocycles. The maximum atomic E-state index is 9.29. The number of hydrogen-bond donors (Lipinski definition) is 1. The number of aromatic nitrogens is 4. The molecule has 1 heterocycles. The molecular formula is C13H18N4OS. The number of phenolic OH excluding ortho intramolecular Hbond substituents is 1. The Bertz CT molecular complexity index is 512. The predicted octanol–water partition coefficient (Wildman–Crippen LogP) is 2.90. The summed E-state index contributed by atoms with van der Waals surface area (Å²) in [6.07, 6.45) is 2.42. The normalized spacial score (nSPS) is 12.5. The third kappa shape index (κ3) is 3.70. The molecule has 0 aliphatic carbocycles. The van der Waals surface area contributed by atoms with Crippen LogP contribution >= 0.6 is 11.8 Å². The third-order valence-electron chi connectivity index (χ3n) is 2.81. The average Bonchev–Trinajstić information content (AvgIpc) is 2.86. The SMILES string of the molecule is CCCC(C)CSc1nnnn1-c1ccc(O)cc1. The van der Waals surface area contributed by atoms with Crippen LogP contribution in [-0.4, -0.2) is 31.1 Å². The minimum atomic E-state index is 0.239. The Morgan fingerprint density at radius 2 is 2.05 bits per heavy atom. The molecule has 0 amide bonds. The molecule has 0 radical (unpaired) electrons. The fourth-order valence-electron chi connectivity index (χ4n) is 1.82. The van der Waals surface area contributed by atoms with Crippen LogP contribution in [0.25, 0.3) is 5.69 Å². The molecule has 0 saturated heterocycles. The maximum Gasteiger partial charge on any atom is 0.214 e. The van der Waals surface area contributed by atoms with Crippen LogP contribution in [0, 0.1) is 5.92 Å². The molecule has 2 aromatic rings. The van der Waals surface area contributed by atoms with Crippen molar-refractivity contribution in [1.29, 1.82) is 0 Å². The predicted molar refractivity (Wildman–Crippen MR) is 75.6 cm³/mol. The molecule has 6 heteroatoms. The second-order valence-electron chi connectivity index (χ2n) is 4.59. The lowest BCUT2D eigenvalue weighted by Gasteiger charge is -2.09. The zero-order chi connectivity index (χ0) is 13.7. The number of rotatable bonds is 6. The van der Waals surface area contributed by atoms with Crippen molar-refractivity contribution < 1.29 is 5.11 Å². The number of phenols is 1. The molecular weight excluding hydrogens is 260 g/mol. The molecule has 0 fully saturated rings. The zero-order valence-electron chi connectivity index (χ0n) is 11.2. The molecule has 1 N–H and O–H groups in total. The zero-order valence-corrected chi connectivity index (χ0v) is 12.0.